The number of thioether (sulfide) groups is 1. The Morgan fingerprint density at radius 3 is 2.52 bits per heavy atom. The number of fused-ring (bicyclic) bond motifs is 1. The zero-order valence-corrected chi connectivity index (χ0v) is 25.7. The van der Waals surface area contributed by atoms with Crippen LogP contribution in [0.25, 0.3) is 0 Å². The van der Waals surface area contributed by atoms with Crippen molar-refractivity contribution in [2.75, 3.05) is 38.5 Å². The minimum atomic E-state index is -0.518. The summed E-state index contributed by atoms with van der Waals surface area (Å²) in [7, 11) is 0. The molecule has 40 heavy (non-hydrogen) atoms. The van der Waals surface area contributed by atoms with E-state index < -0.39 is 5.60 Å². The Kier molecular flexibility index (Phi) is 13.7. The Bertz CT molecular complexity index is 895. The molecule has 0 unspecified atom stereocenters. The first kappa shape index (κ1) is 32.3. The largest absolute Gasteiger partial charge is 0.492 e. The van der Waals surface area contributed by atoms with Crippen molar-refractivity contribution in [2.45, 2.75) is 102 Å². The minimum Gasteiger partial charge on any atom is -0.492 e. The number of alkyl carbamates (subject to hydrolysis) is 1. The lowest BCUT2D eigenvalue weighted by atomic mass is 10.0. The van der Waals surface area contributed by atoms with Crippen molar-refractivity contribution in [2.24, 2.45) is 0 Å². The quantitative estimate of drug-likeness (QED) is 0.130. The molecule has 1 aromatic rings. The van der Waals surface area contributed by atoms with E-state index in [-0.39, 0.29) is 18.2 Å². The number of nitrogens with one attached hydrogen (secondary N) is 5. The first-order valence-corrected chi connectivity index (χ1v) is 16.0. The van der Waals surface area contributed by atoms with Gasteiger partial charge in [0, 0.05) is 30.1 Å². The second kappa shape index (κ2) is 16.9. The van der Waals surface area contributed by atoms with Crippen molar-refractivity contribution in [3.63, 3.8) is 0 Å². The zero-order valence-electron chi connectivity index (χ0n) is 24.9. The van der Waals surface area contributed by atoms with Gasteiger partial charge in [-0.3, -0.25) is 0 Å². The average molecular weight is 578 g/mol. The van der Waals surface area contributed by atoms with Gasteiger partial charge in [-0.2, -0.15) is 11.8 Å². The number of carbonyl (C=O) groups excluding carboxylic acids is 2. The topological polar surface area (TPSA) is 113 Å². The molecule has 0 saturated carbocycles. The van der Waals surface area contributed by atoms with E-state index in [4.69, 9.17) is 9.47 Å². The molecule has 0 bridgehead atoms. The Hall–Kier alpha value is -2.17. The van der Waals surface area contributed by atoms with Crippen LogP contribution in [0.15, 0.2) is 24.3 Å². The van der Waals surface area contributed by atoms with Crippen LogP contribution in [-0.4, -0.2) is 79.6 Å². The van der Waals surface area contributed by atoms with E-state index in [2.05, 4.69) is 33.5 Å². The third-order valence-corrected chi connectivity index (χ3v) is 8.63. The molecule has 2 saturated heterocycles. The molecular weight excluding hydrogens is 526 g/mol. The van der Waals surface area contributed by atoms with Gasteiger partial charge in [0.25, 0.3) is 0 Å². The van der Waals surface area contributed by atoms with Crippen LogP contribution in [-0.2, 0) is 4.74 Å². The van der Waals surface area contributed by atoms with Gasteiger partial charge in [-0.15, -0.1) is 0 Å². The van der Waals surface area contributed by atoms with Gasteiger partial charge in [0.1, 0.15) is 18.0 Å². The third-order valence-electron chi connectivity index (χ3n) is 7.12. The molecule has 1 aromatic carbocycles. The first-order chi connectivity index (χ1) is 19.2. The number of aryl methyl sites for hydroxylation is 1. The summed E-state index contributed by atoms with van der Waals surface area (Å²) in [5.74, 6) is 1.90. The summed E-state index contributed by atoms with van der Waals surface area (Å²) in [5.41, 5.74) is 0.694. The van der Waals surface area contributed by atoms with E-state index in [1.807, 2.05) is 56.8 Å². The number of hydrogen-bond donors (Lipinski definition) is 5. The summed E-state index contributed by atoms with van der Waals surface area (Å²) in [6.07, 6.45) is 7.38. The Balaban J connectivity index is 1.22. The van der Waals surface area contributed by atoms with Crippen LogP contribution in [0.1, 0.15) is 71.3 Å². The highest BCUT2D eigenvalue weighted by Gasteiger charge is 2.42. The predicted octanol–water partition coefficient (Wildman–Crippen LogP) is 4.34. The van der Waals surface area contributed by atoms with Crippen LogP contribution < -0.4 is 31.3 Å². The molecule has 4 atom stereocenters. The molecule has 2 aliphatic heterocycles. The zero-order chi connectivity index (χ0) is 28.8. The predicted molar refractivity (Wildman–Crippen MR) is 163 cm³/mol. The molecule has 0 aromatic heterocycles. The van der Waals surface area contributed by atoms with Crippen LogP contribution in [0.4, 0.5) is 9.59 Å². The molecular formula is C30H51N5O4S. The van der Waals surface area contributed by atoms with Crippen LogP contribution in [0.5, 0.6) is 5.75 Å². The van der Waals surface area contributed by atoms with Gasteiger partial charge in [0.15, 0.2) is 0 Å². The highest BCUT2D eigenvalue weighted by molar-refractivity contribution is 8.00. The Morgan fingerprint density at radius 2 is 1.77 bits per heavy atom. The van der Waals surface area contributed by atoms with Crippen molar-refractivity contribution >= 4 is 23.9 Å². The van der Waals surface area contributed by atoms with Gasteiger partial charge in [-0.05, 0) is 78.6 Å². The molecule has 2 heterocycles. The summed E-state index contributed by atoms with van der Waals surface area (Å²) in [6.45, 7) is 11.7. The van der Waals surface area contributed by atoms with E-state index in [1.54, 1.807) is 0 Å². The SMILES string of the molecule is Cc1ccc(OCCNC[C@@H](CCCCNCCCCC[C@@H]2SC[C@@H]3NC(=O)N[C@@H]32)NC(=O)OC(C)(C)C)cc1. The maximum Gasteiger partial charge on any atom is 0.407 e. The normalized spacial score (nSPS) is 20.9. The van der Waals surface area contributed by atoms with Gasteiger partial charge in [-0.1, -0.05) is 37.0 Å². The lowest BCUT2D eigenvalue weighted by Gasteiger charge is -2.24. The smallest absolute Gasteiger partial charge is 0.407 e. The van der Waals surface area contributed by atoms with E-state index in [9.17, 15) is 9.59 Å². The molecule has 2 aliphatic rings. The lowest BCUT2D eigenvalue weighted by Crippen LogP contribution is -2.45. The summed E-state index contributed by atoms with van der Waals surface area (Å²) in [5, 5.41) is 16.7. The number of carbonyl (C=O) groups is 2. The van der Waals surface area contributed by atoms with E-state index in [0.29, 0.717) is 37.0 Å². The fourth-order valence-corrected chi connectivity index (χ4v) is 6.58. The molecule has 226 valence electrons. The van der Waals surface area contributed by atoms with Gasteiger partial charge >= 0.3 is 12.1 Å². The van der Waals surface area contributed by atoms with Crippen molar-refractivity contribution in [1.82, 2.24) is 26.6 Å². The molecule has 0 radical (unpaired) electrons. The summed E-state index contributed by atoms with van der Waals surface area (Å²) < 4.78 is 11.3. The van der Waals surface area contributed by atoms with Crippen molar-refractivity contribution in [3.8, 4) is 5.75 Å². The second-order valence-electron chi connectivity index (χ2n) is 11.9. The molecule has 2 fully saturated rings. The second-order valence-corrected chi connectivity index (χ2v) is 13.2. The van der Waals surface area contributed by atoms with Gasteiger partial charge in [-0.25, -0.2) is 9.59 Å². The number of urea groups is 1. The van der Waals surface area contributed by atoms with Gasteiger partial charge in [0.2, 0.25) is 0 Å². The van der Waals surface area contributed by atoms with Crippen LogP contribution >= 0.6 is 11.8 Å². The van der Waals surface area contributed by atoms with Crippen molar-refractivity contribution in [1.29, 1.82) is 0 Å². The fraction of sp³-hybridized carbons (Fsp3) is 0.733. The van der Waals surface area contributed by atoms with Crippen LogP contribution in [0, 0.1) is 6.92 Å². The van der Waals surface area contributed by atoms with Gasteiger partial charge in [0.05, 0.1) is 12.1 Å². The van der Waals surface area contributed by atoms with E-state index >= 15 is 0 Å². The summed E-state index contributed by atoms with van der Waals surface area (Å²) in [6, 6.07) is 8.67. The molecule has 3 rings (SSSR count). The maximum atomic E-state index is 12.4. The number of benzene rings is 1. The number of ether oxygens (including phenoxy) is 2. The summed E-state index contributed by atoms with van der Waals surface area (Å²) >= 11 is 1.99. The van der Waals surface area contributed by atoms with E-state index in [0.717, 1.165) is 43.9 Å². The molecule has 9 nitrogen and oxygen atoms in total. The van der Waals surface area contributed by atoms with Crippen LogP contribution in [0.3, 0.4) is 0 Å². The van der Waals surface area contributed by atoms with Crippen molar-refractivity contribution < 1.29 is 19.1 Å². The van der Waals surface area contributed by atoms with Gasteiger partial charge < -0.3 is 36.1 Å². The lowest BCUT2D eigenvalue weighted by molar-refractivity contribution is 0.0500. The Morgan fingerprint density at radius 1 is 1.02 bits per heavy atom. The third kappa shape index (κ3) is 12.6. The standard InChI is InChI=1S/C30H51N5O4S/c1-22-12-14-24(15-13-22)38-19-18-32-20-23(33-29(37)39-30(2,3)4)10-7-9-17-31-16-8-5-6-11-26-27-25(21-40-26)34-28(36)35-27/h12-15,23,25-27,31-32H,5-11,16-21H2,1-4H3,(H,33,37)(H2,34,35,36)/t23-,25+,26+,27+/m1/s1. The Labute approximate surface area is 245 Å². The minimum absolute atomic E-state index is 0.00197. The number of hydrogen-bond acceptors (Lipinski definition) is 7. The number of rotatable bonds is 18. The monoisotopic (exact) mass is 577 g/mol. The molecule has 0 aliphatic carbocycles. The first-order valence-electron chi connectivity index (χ1n) is 15.0. The average Bonchev–Trinajstić information content (AvgIpc) is 3.43. The maximum absolute atomic E-state index is 12.4. The molecule has 3 amide bonds. The number of unbranched alkanes of at least 4 members (excludes halogenated alkanes) is 3. The summed E-state index contributed by atoms with van der Waals surface area (Å²) in [4.78, 5) is 23.9. The number of amides is 3. The molecule has 0 spiro atoms. The van der Waals surface area contributed by atoms with Crippen LogP contribution in [0.2, 0.25) is 0 Å². The highest BCUT2D eigenvalue weighted by atomic mass is 32.2. The highest BCUT2D eigenvalue weighted by Crippen LogP contribution is 2.33. The van der Waals surface area contributed by atoms with Crippen molar-refractivity contribution in [3.05, 3.63) is 29.8 Å². The van der Waals surface area contributed by atoms with E-state index in [1.165, 1.54) is 31.2 Å². The fourth-order valence-electron chi connectivity index (χ4n) is 5.03. The molecule has 10 heteroatoms. The molecule has 5 N–H and O–H groups in total.